The summed E-state index contributed by atoms with van der Waals surface area (Å²) in [5.74, 6) is -1.38. The molecule has 3 nitrogen and oxygen atoms in total. The maximum absolute atomic E-state index is 10.8. The number of hydrogen-bond acceptors (Lipinski definition) is 2. The second kappa shape index (κ2) is 5.33. The number of carboxylic acids is 1. The third-order valence-corrected chi connectivity index (χ3v) is 2.36. The molecule has 0 aliphatic carbocycles. The van der Waals surface area contributed by atoms with Crippen molar-refractivity contribution < 1.29 is 14.7 Å². The molecule has 64 valence electrons. The fourth-order valence-corrected chi connectivity index (χ4v) is 1.25. The summed E-state index contributed by atoms with van der Waals surface area (Å²) < 4.78 is 0. The topological polar surface area (TPSA) is 54.4 Å². The van der Waals surface area contributed by atoms with Crippen molar-refractivity contribution in [2.24, 2.45) is 5.92 Å². The molecular weight excluding hydrogens is 211 g/mol. The number of aliphatic carboxylic acids is 1. The molecule has 0 heterocycles. The Morgan fingerprint density at radius 1 is 1.55 bits per heavy atom. The van der Waals surface area contributed by atoms with E-state index in [1.165, 1.54) is 0 Å². The van der Waals surface area contributed by atoms with Gasteiger partial charge in [-0.05, 0) is 0 Å². The van der Waals surface area contributed by atoms with Gasteiger partial charge < -0.3 is 0 Å². The quantitative estimate of drug-likeness (QED) is 0.685. The molecule has 11 heavy (non-hydrogen) atoms. The minimum atomic E-state index is -0.882. The number of carbonyl (C=O) groups is 2. The number of carbonyl (C=O) groups excluding carboxylic acids is 1. The van der Waals surface area contributed by atoms with Crippen molar-refractivity contribution in [2.75, 3.05) is 0 Å². The van der Waals surface area contributed by atoms with Gasteiger partial charge in [0.1, 0.15) is 0 Å². The van der Waals surface area contributed by atoms with Crippen molar-refractivity contribution in [2.45, 2.75) is 25.1 Å². The van der Waals surface area contributed by atoms with Crippen molar-refractivity contribution in [1.29, 1.82) is 0 Å². The molecule has 1 unspecified atom stereocenters. The minimum absolute atomic E-state index is 0.0171. The molecule has 0 radical (unpaired) electrons. The molecule has 0 aromatic carbocycles. The van der Waals surface area contributed by atoms with E-state index in [1.54, 1.807) is 6.92 Å². The van der Waals surface area contributed by atoms with Crippen LogP contribution in [-0.4, -0.2) is 32.9 Å². The van der Waals surface area contributed by atoms with Crippen LogP contribution in [0.1, 0.15) is 19.8 Å². The molecule has 0 saturated carbocycles. The van der Waals surface area contributed by atoms with E-state index in [-0.39, 0.29) is 12.2 Å². The molecular formula is C7H12O3Se. The fourth-order valence-electron chi connectivity index (χ4n) is 0.649. The van der Waals surface area contributed by atoms with Crippen LogP contribution in [0.3, 0.4) is 0 Å². The molecule has 0 bridgehead atoms. The summed E-state index contributed by atoms with van der Waals surface area (Å²) in [5.41, 5.74) is 0. The zero-order valence-corrected chi connectivity index (χ0v) is 8.29. The van der Waals surface area contributed by atoms with E-state index in [1.807, 2.05) is 0 Å². The van der Waals surface area contributed by atoms with Crippen LogP contribution in [0.25, 0.3) is 0 Å². The van der Waals surface area contributed by atoms with Gasteiger partial charge in [0, 0.05) is 0 Å². The molecule has 0 aromatic heterocycles. The van der Waals surface area contributed by atoms with Gasteiger partial charge in [0.25, 0.3) is 0 Å². The van der Waals surface area contributed by atoms with Gasteiger partial charge in [-0.2, -0.15) is 0 Å². The van der Waals surface area contributed by atoms with Crippen molar-refractivity contribution in [3.05, 3.63) is 0 Å². The predicted molar refractivity (Wildman–Crippen MR) is 43.0 cm³/mol. The first-order valence-electron chi connectivity index (χ1n) is 3.47. The van der Waals surface area contributed by atoms with Crippen LogP contribution < -0.4 is 0 Å². The van der Waals surface area contributed by atoms with Crippen LogP contribution in [0.2, 0.25) is 5.32 Å². The summed E-state index contributed by atoms with van der Waals surface area (Å²) >= 11 is 2.20. The Bertz CT molecular complexity index is 156. The number of Topliss-reactive ketones (excluding diaryl/α,β-unsaturated/α-hetero) is 1. The standard InChI is InChI=1S/C7H12O3Se/c1-2-6(8)3-5(4-11)7(9)10/h5,11H,2-4H2,1H3,(H,9,10). The summed E-state index contributed by atoms with van der Waals surface area (Å²) in [5, 5.41) is 9.02. The average molecular weight is 223 g/mol. The Kier molecular flexibility index (Phi) is 5.16. The first kappa shape index (κ1) is 10.7. The van der Waals surface area contributed by atoms with E-state index in [2.05, 4.69) is 16.0 Å². The monoisotopic (exact) mass is 224 g/mol. The Morgan fingerprint density at radius 3 is 2.36 bits per heavy atom. The van der Waals surface area contributed by atoms with Gasteiger partial charge in [-0.25, -0.2) is 0 Å². The van der Waals surface area contributed by atoms with Crippen molar-refractivity contribution in [3.8, 4) is 0 Å². The van der Waals surface area contributed by atoms with Gasteiger partial charge in [0.15, 0.2) is 0 Å². The van der Waals surface area contributed by atoms with Gasteiger partial charge in [-0.15, -0.1) is 0 Å². The Morgan fingerprint density at radius 2 is 2.09 bits per heavy atom. The molecule has 0 aliphatic rings. The van der Waals surface area contributed by atoms with Gasteiger partial charge in [-0.3, -0.25) is 0 Å². The zero-order chi connectivity index (χ0) is 8.85. The van der Waals surface area contributed by atoms with Crippen molar-refractivity contribution >= 4 is 27.8 Å². The fraction of sp³-hybridized carbons (Fsp3) is 0.714. The zero-order valence-electron chi connectivity index (χ0n) is 6.41. The normalized spacial score (nSPS) is 12.5. The first-order valence-corrected chi connectivity index (χ1v) is 4.79. The molecule has 0 rings (SSSR count). The molecule has 0 aromatic rings. The van der Waals surface area contributed by atoms with Crippen LogP contribution >= 0.6 is 0 Å². The summed E-state index contributed by atoms with van der Waals surface area (Å²) in [6.45, 7) is 1.74. The third-order valence-electron chi connectivity index (χ3n) is 1.44. The molecule has 0 aliphatic heterocycles. The van der Waals surface area contributed by atoms with E-state index in [4.69, 9.17) is 5.11 Å². The van der Waals surface area contributed by atoms with Crippen molar-refractivity contribution in [3.63, 3.8) is 0 Å². The summed E-state index contributed by atoms with van der Waals surface area (Å²) in [4.78, 5) is 21.2. The van der Waals surface area contributed by atoms with E-state index in [9.17, 15) is 9.59 Å². The van der Waals surface area contributed by atoms with Gasteiger partial charge in [0.2, 0.25) is 0 Å². The van der Waals surface area contributed by atoms with Crippen LogP contribution in [-0.2, 0) is 9.59 Å². The predicted octanol–water partition coefficient (Wildman–Crippen LogP) is 0.375. The molecule has 0 fully saturated rings. The number of rotatable bonds is 5. The molecule has 0 saturated heterocycles. The summed E-state index contributed by atoms with van der Waals surface area (Å²) in [6.07, 6.45) is 0.595. The van der Waals surface area contributed by atoms with Gasteiger partial charge in [-0.1, -0.05) is 0 Å². The number of carboxylic acid groups (broad SMARTS) is 1. The Hall–Kier alpha value is -0.341. The average Bonchev–Trinajstić information content (AvgIpc) is 1.99. The Labute approximate surface area is 74.0 Å². The molecule has 1 atom stereocenters. The van der Waals surface area contributed by atoms with Crippen LogP contribution in [0, 0.1) is 5.92 Å². The molecule has 4 heteroatoms. The maximum atomic E-state index is 10.8. The van der Waals surface area contributed by atoms with Gasteiger partial charge >= 0.3 is 73.5 Å². The van der Waals surface area contributed by atoms with E-state index in [0.717, 1.165) is 0 Å². The van der Waals surface area contributed by atoms with E-state index < -0.39 is 11.9 Å². The molecule has 0 amide bonds. The van der Waals surface area contributed by atoms with Crippen molar-refractivity contribution in [1.82, 2.24) is 0 Å². The second-order valence-corrected chi connectivity index (χ2v) is 3.08. The summed E-state index contributed by atoms with van der Waals surface area (Å²) in [7, 11) is 0. The van der Waals surface area contributed by atoms with E-state index >= 15 is 0 Å². The third kappa shape index (κ3) is 4.17. The SMILES string of the molecule is CCC(=O)CC(C[SeH])C(=O)O. The number of ketones is 1. The number of hydrogen-bond donors (Lipinski definition) is 1. The molecule has 0 spiro atoms. The molecule has 1 N–H and O–H groups in total. The van der Waals surface area contributed by atoms with Gasteiger partial charge in [0.05, 0.1) is 0 Å². The van der Waals surface area contributed by atoms with Crippen LogP contribution in [0.5, 0.6) is 0 Å². The Balaban J connectivity index is 3.88. The summed E-state index contributed by atoms with van der Waals surface area (Å²) in [6, 6.07) is 0. The van der Waals surface area contributed by atoms with Crippen LogP contribution in [0.4, 0.5) is 0 Å². The second-order valence-electron chi connectivity index (χ2n) is 2.31. The van der Waals surface area contributed by atoms with Crippen LogP contribution in [0.15, 0.2) is 0 Å². The van der Waals surface area contributed by atoms with E-state index in [0.29, 0.717) is 11.7 Å². The first-order chi connectivity index (χ1) is 5.11.